The van der Waals surface area contributed by atoms with Crippen LogP contribution in [0.3, 0.4) is 0 Å². The van der Waals surface area contributed by atoms with Gasteiger partial charge in [-0.2, -0.15) is 0 Å². The molecule has 0 unspecified atom stereocenters. The monoisotopic (exact) mass is 538 g/mol. The summed E-state index contributed by atoms with van der Waals surface area (Å²) in [5.74, 6) is -0.910. The SMILES string of the molecule is C=N[C@H](C[C@@H](Cc1ccc(-c2cc(Cl)ccc2F)cc1)NC(=O)OC(C)(C)C)C(=O)OCc1ccccc1. The van der Waals surface area contributed by atoms with Gasteiger partial charge in [-0.3, -0.25) is 4.99 Å². The molecule has 0 fully saturated rings. The Labute approximate surface area is 227 Å². The van der Waals surface area contributed by atoms with Crippen LogP contribution in [-0.2, 0) is 27.3 Å². The van der Waals surface area contributed by atoms with E-state index in [0.717, 1.165) is 11.1 Å². The maximum atomic E-state index is 14.3. The molecule has 3 rings (SSSR count). The lowest BCUT2D eigenvalue weighted by Gasteiger charge is -2.25. The van der Waals surface area contributed by atoms with Gasteiger partial charge in [-0.25, -0.2) is 14.0 Å². The molecule has 0 spiro atoms. The van der Waals surface area contributed by atoms with E-state index in [0.29, 0.717) is 22.6 Å². The standard InChI is InChI=1S/C30H32ClFN2O4/c1-30(2,3)38-29(36)34-24(18-27(33-4)28(35)37-19-21-8-6-5-7-9-21)16-20-10-12-22(13-11-20)25-17-23(31)14-15-26(25)32/h5-15,17,24,27H,4,16,18-19H2,1-3H3,(H,34,36)/t24-,27-/m1/s1. The van der Waals surface area contributed by atoms with Crippen LogP contribution in [0.15, 0.2) is 77.8 Å². The number of hydrogen-bond donors (Lipinski definition) is 1. The summed E-state index contributed by atoms with van der Waals surface area (Å²) in [5.41, 5.74) is 2.08. The van der Waals surface area contributed by atoms with E-state index >= 15 is 0 Å². The van der Waals surface area contributed by atoms with Crippen molar-refractivity contribution in [2.75, 3.05) is 0 Å². The van der Waals surface area contributed by atoms with Gasteiger partial charge < -0.3 is 14.8 Å². The molecule has 0 saturated heterocycles. The van der Waals surface area contributed by atoms with Crippen molar-refractivity contribution in [2.24, 2.45) is 4.99 Å². The summed E-state index contributed by atoms with van der Waals surface area (Å²) < 4.78 is 25.2. The summed E-state index contributed by atoms with van der Waals surface area (Å²) in [4.78, 5) is 29.3. The Bertz CT molecular complexity index is 1240. The lowest BCUT2D eigenvalue weighted by molar-refractivity contribution is -0.146. The average molecular weight is 539 g/mol. The fourth-order valence-electron chi connectivity index (χ4n) is 3.83. The summed E-state index contributed by atoms with van der Waals surface area (Å²) >= 11 is 6.04. The highest BCUT2D eigenvalue weighted by atomic mass is 35.5. The predicted octanol–water partition coefficient (Wildman–Crippen LogP) is 6.78. The number of nitrogens with zero attached hydrogens (tertiary/aromatic N) is 1. The molecule has 1 amide bonds. The van der Waals surface area contributed by atoms with E-state index in [9.17, 15) is 14.0 Å². The highest BCUT2D eigenvalue weighted by Crippen LogP contribution is 2.27. The molecule has 0 heterocycles. The number of ether oxygens (including phenoxy) is 2. The Kier molecular flexibility index (Phi) is 10.0. The Hall–Kier alpha value is -3.71. The minimum Gasteiger partial charge on any atom is -0.459 e. The first-order chi connectivity index (χ1) is 18.0. The lowest BCUT2D eigenvalue weighted by Crippen LogP contribution is -2.43. The second kappa shape index (κ2) is 13.2. The summed E-state index contributed by atoms with van der Waals surface area (Å²) in [5, 5.41) is 3.28. The minimum absolute atomic E-state index is 0.109. The number of hydrogen-bond acceptors (Lipinski definition) is 5. The van der Waals surface area contributed by atoms with Crippen molar-refractivity contribution in [2.45, 2.75) is 57.9 Å². The van der Waals surface area contributed by atoms with Gasteiger partial charge in [0, 0.05) is 23.0 Å². The Morgan fingerprint density at radius 3 is 2.34 bits per heavy atom. The number of nitrogens with one attached hydrogen (secondary N) is 1. The molecule has 6 nitrogen and oxygen atoms in total. The third-order valence-electron chi connectivity index (χ3n) is 5.62. The molecule has 0 aromatic heterocycles. The lowest BCUT2D eigenvalue weighted by atomic mass is 9.97. The fourth-order valence-corrected chi connectivity index (χ4v) is 4.00. The smallest absolute Gasteiger partial charge is 0.407 e. The summed E-state index contributed by atoms with van der Waals surface area (Å²) in [7, 11) is 0. The molecule has 0 aliphatic carbocycles. The first kappa shape index (κ1) is 28.9. The van der Waals surface area contributed by atoms with Crippen LogP contribution in [0.2, 0.25) is 5.02 Å². The Morgan fingerprint density at radius 2 is 1.71 bits per heavy atom. The maximum Gasteiger partial charge on any atom is 0.407 e. The van der Waals surface area contributed by atoms with E-state index in [1.165, 1.54) is 12.1 Å². The third-order valence-corrected chi connectivity index (χ3v) is 5.86. The molecule has 0 aliphatic heterocycles. The van der Waals surface area contributed by atoms with Crippen molar-refractivity contribution in [3.63, 3.8) is 0 Å². The molecule has 1 N–H and O–H groups in total. The van der Waals surface area contributed by atoms with Gasteiger partial charge in [-0.15, -0.1) is 0 Å². The second-order valence-corrected chi connectivity index (χ2v) is 10.3. The molecule has 8 heteroatoms. The van der Waals surface area contributed by atoms with Crippen LogP contribution >= 0.6 is 11.6 Å². The van der Waals surface area contributed by atoms with Crippen molar-refractivity contribution in [3.8, 4) is 11.1 Å². The van der Waals surface area contributed by atoms with Crippen LogP contribution in [0, 0.1) is 5.82 Å². The van der Waals surface area contributed by atoms with Gasteiger partial charge in [0.05, 0.1) is 0 Å². The highest BCUT2D eigenvalue weighted by Gasteiger charge is 2.26. The van der Waals surface area contributed by atoms with Crippen LogP contribution in [0.4, 0.5) is 9.18 Å². The number of carbonyl (C=O) groups excluding carboxylic acids is 2. The van der Waals surface area contributed by atoms with E-state index < -0.39 is 29.7 Å². The van der Waals surface area contributed by atoms with E-state index in [-0.39, 0.29) is 18.8 Å². The van der Waals surface area contributed by atoms with Gasteiger partial charge >= 0.3 is 12.1 Å². The molecule has 0 radical (unpaired) electrons. The van der Waals surface area contributed by atoms with Gasteiger partial charge in [0.15, 0.2) is 0 Å². The fraction of sp³-hybridized carbons (Fsp3) is 0.300. The molecule has 0 saturated carbocycles. The number of esters is 1. The van der Waals surface area contributed by atoms with Crippen LogP contribution < -0.4 is 5.32 Å². The number of alkyl carbamates (subject to hydrolysis) is 1. The molecule has 200 valence electrons. The first-order valence-corrected chi connectivity index (χ1v) is 12.6. The van der Waals surface area contributed by atoms with Crippen molar-refractivity contribution in [1.29, 1.82) is 0 Å². The Morgan fingerprint density at radius 1 is 1.03 bits per heavy atom. The molecule has 38 heavy (non-hydrogen) atoms. The normalized spacial score (nSPS) is 12.8. The zero-order valence-electron chi connectivity index (χ0n) is 21.7. The number of aliphatic imine (C=N–C) groups is 1. The quantitative estimate of drug-likeness (QED) is 0.228. The number of carbonyl (C=O) groups is 2. The molecule has 3 aromatic rings. The van der Waals surface area contributed by atoms with Gasteiger partial charge in [-0.1, -0.05) is 66.2 Å². The maximum absolute atomic E-state index is 14.3. The van der Waals surface area contributed by atoms with E-state index in [2.05, 4.69) is 17.0 Å². The van der Waals surface area contributed by atoms with Gasteiger partial charge in [0.2, 0.25) is 0 Å². The molecule has 2 atom stereocenters. The van der Waals surface area contributed by atoms with E-state index in [4.69, 9.17) is 21.1 Å². The van der Waals surface area contributed by atoms with Gasteiger partial charge in [-0.05, 0) is 68.8 Å². The Balaban J connectivity index is 1.74. The summed E-state index contributed by atoms with van der Waals surface area (Å²) in [6, 6.07) is 19.5. The third kappa shape index (κ3) is 8.99. The minimum atomic E-state index is -0.890. The van der Waals surface area contributed by atoms with E-state index in [1.807, 2.05) is 42.5 Å². The topological polar surface area (TPSA) is 77.0 Å². The molecule has 0 aliphatic rings. The first-order valence-electron chi connectivity index (χ1n) is 12.2. The number of benzene rings is 3. The predicted molar refractivity (Wildman–Crippen MR) is 148 cm³/mol. The zero-order chi connectivity index (χ0) is 27.7. The summed E-state index contributed by atoms with van der Waals surface area (Å²) in [6.07, 6.45) is -0.0862. The largest absolute Gasteiger partial charge is 0.459 e. The van der Waals surface area contributed by atoms with Crippen molar-refractivity contribution >= 4 is 30.4 Å². The van der Waals surface area contributed by atoms with Gasteiger partial charge in [0.1, 0.15) is 24.1 Å². The molecule has 3 aromatic carbocycles. The zero-order valence-corrected chi connectivity index (χ0v) is 22.5. The van der Waals surface area contributed by atoms with Crippen molar-refractivity contribution in [1.82, 2.24) is 5.32 Å². The van der Waals surface area contributed by atoms with E-state index in [1.54, 1.807) is 39.0 Å². The van der Waals surface area contributed by atoms with Crippen molar-refractivity contribution in [3.05, 3.63) is 94.8 Å². The number of halogens is 2. The van der Waals surface area contributed by atoms with Crippen molar-refractivity contribution < 1.29 is 23.5 Å². The molecule has 0 bridgehead atoms. The number of rotatable bonds is 10. The second-order valence-electron chi connectivity index (χ2n) is 9.90. The number of amides is 1. The molecular weight excluding hydrogens is 507 g/mol. The van der Waals surface area contributed by atoms with Crippen LogP contribution in [0.1, 0.15) is 38.3 Å². The average Bonchev–Trinajstić information content (AvgIpc) is 2.87. The highest BCUT2D eigenvalue weighted by molar-refractivity contribution is 6.30. The summed E-state index contributed by atoms with van der Waals surface area (Å²) in [6.45, 7) is 8.97. The van der Waals surface area contributed by atoms with Crippen LogP contribution in [-0.4, -0.2) is 36.5 Å². The molecular formula is C30H32ClFN2O4. The van der Waals surface area contributed by atoms with Gasteiger partial charge in [0.25, 0.3) is 0 Å². The van der Waals surface area contributed by atoms with Crippen LogP contribution in [0.5, 0.6) is 0 Å². The van der Waals surface area contributed by atoms with Crippen LogP contribution in [0.25, 0.3) is 11.1 Å².